The van der Waals surface area contributed by atoms with Crippen LogP contribution in [0.5, 0.6) is 0 Å². The van der Waals surface area contributed by atoms with Crippen LogP contribution >= 0.6 is 0 Å². The molecule has 0 unspecified atom stereocenters. The van der Waals surface area contributed by atoms with Gasteiger partial charge in [0.25, 0.3) is 0 Å². The van der Waals surface area contributed by atoms with Gasteiger partial charge in [0.1, 0.15) is 0 Å². The lowest BCUT2D eigenvalue weighted by atomic mass is 9.97. The van der Waals surface area contributed by atoms with Gasteiger partial charge in [0.2, 0.25) is 0 Å². The van der Waals surface area contributed by atoms with Gasteiger partial charge in [-0.3, -0.25) is 0 Å². The normalized spacial score (nSPS) is 11.6. The van der Waals surface area contributed by atoms with Crippen LogP contribution in [0.3, 0.4) is 0 Å². The predicted octanol–water partition coefficient (Wildman–Crippen LogP) is 6.20. The second kappa shape index (κ2) is 8.37. The molecule has 0 heteroatoms. The van der Waals surface area contributed by atoms with Crippen LogP contribution in [-0.2, 0) is 0 Å². The third-order valence-electron chi connectivity index (χ3n) is 3.58. The number of unbranched alkanes of at least 4 members (excludes halogenated alkanes) is 3. The first-order valence-corrected chi connectivity index (χ1v) is 7.71. The molecule has 0 nitrogen and oxygen atoms in total. The van der Waals surface area contributed by atoms with Gasteiger partial charge in [-0.15, -0.1) is 0 Å². The molecule has 2 aromatic carbocycles. The van der Waals surface area contributed by atoms with Gasteiger partial charge in [0.05, 0.1) is 0 Å². The molecule has 0 saturated carbocycles. The molecule has 0 aliphatic carbocycles. The minimum Gasteiger partial charge on any atom is -0.0654 e. The molecule has 0 fully saturated rings. The maximum atomic E-state index is 2.33. The molecule has 0 spiro atoms. The summed E-state index contributed by atoms with van der Waals surface area (Å²) in [5.74, 6) is 0. The minimum atomic E-state index is 1.17. The first-order chi connectivity index (χ1) is 9.90. The summed E-state index contributed by atoms with van der Waals surface area (Å²) in [5, 5.41) is 0. The van der Waals surface area contributed by atoms with Crippen LogP contribution in [0.2, 0.25) is 0 Å². The molecule has 0 radical (unpaired) electrons. The molecular formula is C20H24. The molecule has 0 N–H and O–H groups in total. The monoisotopic (exact) mass is 264 g/mol. The Morgan fingerprint density at radius 1 is 0.800 bits per heavy atom. The number of hydrogen-bond donors (Lipinski definition) is 0. The molecule has 0 heterocycles. The Hall–Kier alpha value is -1.82. The van der Waals surface area contributed by atoms with Crippen LogP contribution in [0.4, 0.5) is 0 Å². The first-order valence-electron chi connectivity index (χ1n) is 7.71. The highest BCUT2D eigenvalue weighted by Gasteiger charge is 2.01. The van der Waals surface area contributed by atoms with Gasteiger partial charge >= 0.3 is 0 Å². The summed E-state index contributed by atoms with van der Waals surface area (Å²) < 4.78 is 0. The Morgan fingerprint density at radius 2 is 1.45 bits per heavy atom. The Labute approximate surface area is 123 Å². The van der Waals surface area contributed by atoms with Crippen LogP contribution in [-0.4, -0.2) is 0 Å². The Balaban J connectivity index is 2.14. The van der Waals surface area contributed by atoms with E-state index in [-0.39, 0.29) is 0 Å². The Kier molecular flexibility index (Phi) is 6.10. The zero-order valence-corrected chi connectivity index (χ0v) is 12.4. The van der Waals surface area contributed by atoms with E-state index in [2.05, 4.69) is 73.7 Å². The first kappa shape index (κ1) is 14.6. The SMILES string of the molecule is CCCCCCC(=Cc1ccccc1)c1ccccc1. The zero-order chi connectivity index (χ0) is 14.0. The quantitative estimate of drug-likeness (QED) is 0.412. The molecule has 0 amide bonds. The number of hydrogen-bond acceptors (Lipinski definition) is 0. The number of rotatable bonds is 7. The molecule has 2 aromatic rings. The van der Waals surface area contributed by atoms with E-state index in [4.69, 9.17) is 0 Å². The van der Waals surface area contributed by atoms with Crippen LogP contribution < -0.4 is 0 Å². The molecule has 0 saturated heterocycles. The Morgan fingerprint density at radius 3 is 2.10 bits per heavy atom. The fourth-order valence-corrected chi connectivity index (χ4v) is 2.44. The van der Waals surface area contributed by atoms with Crippen LogP contribution in [0.1, 0.15) is 50.2 Å². The lowest BCUT2D eigenvalue weighted by molar-refractivity contribution is 0.679. The van der Waals surface area contributed by atoms with Gasteiger partial charge in [0.15, 0.2) is 0 Å². The number of allylic oxidation sites excluding steroid dienone is 1. The summed E-state index contributed by atoms with van der Waals surface area (Å²) in [6.45, 7) is 2.26. The minimum absolute atomic E-state index is 1.17. The lowest BCUT2D eigenvalue weighted by Crippen LogP contribution is -1.86. The van der Waals surface area contributed by atoms with E-state index in [9.17, 15) is 0 Å². The summed E-state index contributed by atoms with van der Waals surface area (Å²) in [6, 6.07) is 21.4. The summed E-state index contributed by atoms with van der Waals surface area (Å²) >= 11 is 0. The third-order valence-corrected chi connectivity index (χ3v) is 3.58. The van der Waals surface area contributed by atoms with Crippen molar-refractivity contribution >= 4 is 11.6 Å². The van der Waals surface area contributed by atoms with E-state index in [1.54, 1.807) is 0 Å². The summed E-state index contributed by atoms with van der Waals surface area (Å²) in [6.07, 6.45) is 8.74. The zero-order valence-electron chi connectivity index (χ0n) is 12.4. The topological polar surface area (TPSA) is 0 Å². The molecule has 0 aliphatic rings. The van der Waals surface area contributed by atoms with Gasteiger partial charge in [-0.25, -0.2) is 0 Å². The molecule has 0 atom stereocenters. The highest BCUT2D eigenvalue weighted by Crippen LogP contribution is 2.24. The van der Waals surface area contributed by atoms with Crippen molar-refractivity contribution in [3.63, 3.8) is 0 Å². The average molecular weight is 264 g/mol. The number of benzene rings is 2. The van der Waals surface area contributed by atoms with Gasteiger partial charge < -0.3 is 0 Å². The Bertz CT molecular complexity index is 508. The van der Waals surface area contributed by atoms with E-state index in [0.717, 1.165) is 0 Å². The molecule has 0 aromatic heterocycles. The molecular weight excluding hydrogens is 240 g/mol. The summed E-state index contributed by atoms with van der Waals surface area (Å²) in [4.78, 5) is 0. The van der Waals surface area contributed by atoms with Gasteiger partial charge in [-0.2, -0.15) is 0 Å². The van der Waals surface area contributed by atoms with Crippen LogP contribution in [0, 0.1) is 0 Å². The van der Waals surface area contributed by atoms with Crippen molar-refractivity contribution in [2.45, 2.75) is 39.0 Å². The van der Waals surface area contributed by atoms with Crippen molar-refractivity contribution in [1.29, 1.82) is 0 Å². The van der Waals surface area contributed by atoms with Crippen molar-refractivity contribution in [1.82, 2.24) is 0 Å². The standard InChI is InChI=1S/C20H24/c1-2-3-4-9-16-20(19-14-10-6-11-15-19)17-18-12-7-5-8-13-18/h5-8,10-15,17H,2-4,9,16H2,1H3. The fourth-order valence-electron chi connectivity index (χ4n) is 2.44. The molecule has 20 heavy (non-hydrogen) atoms. The third kappa shape index (κ3) is 4.70. The second-order valence-electron chi connectivity index (χ2n) is 5.26. The summed E-state index contributed by atoms with van der Waals surface area (Å²) in [5.41, 5.74) is 4.10. The maximum Gasteiger partial charge on any atom is -0.0224 e. The molecule has 0 bridgehead atoms. The largest absolute Gasteiger partial charge is 0.0654 e. The maximum absolute atomic E-state index is 2.33. The van der Waals surface area contributed by atoms with E-state index in [1.165, 1.54) is 48.8 Å². The van der Waals surface area contributed by atoms with Crippen molar-refractivity contribution in [2.24, 2.45) is 0 Å². The van der Waals surface area contributed by atoms with E-state index in [1.807, 2.05) is 0 Å². The molecule has 2 rings (SSSR count). The van der Waals surface area contributed by atoms with E-state index in [0.29, 0.717) is 0 Å². The van der Waals surface area contributed by atoms with Crippen molar-refractivity contribution in [3.05, 3.63) is 71.8 Å². The highest BCUT2D eigenvalue weighted by molar-refractivity contribution is 5.81. The van der Waals surface area contributed by atoms with E-state index >= 15 is 0 Å². The average Bonchev–Trinajstić information content (AvgIpc) is 2.52. The highest BCUT2D eigenvalue weighted by atomic mass is 14.1. The lowest BCUT2D eigenvalue weighted by Gasteiger charge is -2.08. The smallest absolute Gasteiger partial charge is 0.0224 e. The van der Waals surface area contributed by atoms with Gasteiger partial charge in [-0.1, -0.05) is 92.9 Å². The summed E-state index contributed by atoms with van der Waals surface area (Å²) in [7, 11) is 0. The fraction of sp³-hybridized carbons (Fsp3) is 0.300. The van der Waals surface area contributed by atoms with Crippen LogP contribution in [0.25, 0.3) is 11.6 Å². The predicted molar refractivity (Wildman–Crippen MR) is 89.5 cm³/mol. The van der Waals surface area contributed by atoms with Crippen molar-refractivity contribution in [2.75, 3.05) is 0 Å². The van der Waals surface area contributed by atoms with Gasteiger partial charge in [0, 0.05) is 0 Å². The molecule has 0 aliphatic heterocycles. The van der Waals surface area contributed by atoms with Crippen LogP contribution in [0.15, 0.2) is 60.7 Å². The molecule has 104 valence electrons. The van der Waals surface area contributed by atoms with Gasteiger partial charge in [-0.05, 0) is 29.5 Å². The second-order valence-corrected chi connectivity index (χ2v) is 5.26. The van der Waals surface area contributed by atoms with Crippen molar-refractivity contribution in [3.8, 4) is 0 Å². The van der Waals surface area contributed by atoms with E-state index < -0.39 is 0 Å². The van der Waals surface area contributed by atoms with Crippen molar-refractivity contribution < 1.29 is 0 Å².